The lowest BCUT2D eigenvalue weighted by Gasteiger charge is -2.22. The molecule has 0 radical (unpaired) electrons. The Balaban J connectivity index is 1.58. The number of furan rings is 1. The van der Waals surface area contributed by atoms with E-state index in [1.807, 2.05) is 26.1 Å². The van der Waals surface area contributed by atoms with Gasteiger partial charge in [0.15, 0.2) is 5.96 Å². The number of aryl methyl sites for hydroxylation is 1. The Morgan fingerprint density at radius 1 is 1.52 bits per heavy atom. The molecule has 1 unspecified atom stereocenters. The number of nitrogens with one attached hydrogen (secondary N) is 1. The lowest BCUT2D eigenvalue weighted by molar-refractivity contribution is 0.117. The van der Waals surface area contributed by atoms with Gasteiger partial charge in [-0.05, 0) is 31.9 Å². The van der Waals surface area contributed by atoms with Gasteiger partial charge < -0.3 is 19.4 Å². The molecule has 0 amide bonds. The first kappa shape index (κ1) is 17.9. The van der Waals surface area contributed by atoms with E-state index in [0.717, 1.165) is 61.4 Å². The summed E-state index contributed by atoms with van der Waals surface area (Å²) in [6.45, 7) is 5.10. The second-order valence-corrected chi connectivity index (χ2v) is 7.33. The molecule has 25 heavy (non-hydrogen) atoms. The Kier molecular flexibility index (Phi) is 6.47. The summed E-state index contributed by atoms with van der Waals surface area (Å²) in [4.78, 5) is 11.4. The van der Waals surface area contributed by atoms with Crippen LogP contribution in [0.3, 0.4) is 0 Å². The molecule has 3 heterocycles. The molecule has 0 aromatic carbocycles. The fourth-order valence-corrected chi connectivity index (χ4v) is 3.44. The maximum Gasteiger partial charge on any atom is 0.194 e. The summed E-state index contributed by atoms with van der Waals surface area (Å²) in [5.41, 5.74) is 1.07. The molecule has 1 aliphatic rings. The van der Waals surface area contributed by atoms with Gasteiger partial charge in [-0.2, -0.15) is 0 Å². The molecule has 1 fully saturated rings. The van der Waals surface area contributed by atoms with E-state index in [2.05, 4.69) is 20.6 Å². The highest BCUT2D eigenvalue weighted by Gasteiger charge is 2.16. The number of ether oxygens (including phenoxy) is 1. The minimum Gasteiger partial charge on any atom is -0.469 e. The Morgan fingerprint density at radius 2 is 2.44 bits per heavy atom. The van der Waals surface area contributed by atoms with E-state index in [1.54, 1.807) is 17.6 Å². The van der Waals surface area contributed by atoms with Crippen molar-refractivity contribution >= 4 is 17.3 Å². The smallest absolute Gasteiger partial charge is 0.194 e. The normalized spacial score (nSPS) is 17.8. The predicted octanol–water partition coefficient (Wildman–Crippen LogP) is 2.84. The Labute approximate surface area is 152 Å². The number of nitrogens with zero attached hydrogens (tertiary/aromatic N) is 3. The SMILES string of the molecule is Cc1nc(CN(C)C(=NCC2CCCO2)NCCc2ccco2)cs1. The first-order chi connectivity index (χ1) is 12.2. The molecule has 1 aliphatic heterocycles. The third-order valence-electron chi connectivity index (χ3n) is 4.13. The van der Waals surface area contributed by atoms with Crippen LogP contribution in [0.4, 0.5) is 0 Å². The Hall–Kier alpha value is -1.86. The van der Waals surface area contributed by atoms with Gasteiger partial charge in [-0.15, -0.1) is 11.3 Å². The number of aliphatic imine (C=N–C) groups is 1. The van der Waals surface area contributed by atoms with Crippen LogP contribution in [0.15, 0.2) is 33.2 Å². The lowest BCUT2D eigenvalue weighted by Crippen LogP contribution is -2.40. The van der Waals surface area contributed by atoms with E-state index in [4.69, 9.17) is 14.1 Å². The van der Waals surface area contributed by atoms with Crippen LogP contribution in [0.1, 0.15) is 29.3 Å². The number of thiazole rings is 1. The van der Waals surface area contributed by atoms with Crippen molar-refractivity contribution in [1.29, 1.82) is 0 Å². The number of rotatable bonds is 7. The van der Waals surface area contributed by atoms with E-state index in [0.29, 0.717) is 6.54 Å². The second kappa shape index (κ2) is 9.01. The number of aromatic nitrogens is 1. The molecule has 0 aliphatic carbocycles. The molecule has 136 valence electrons. The van der Waals surface area contributed by atoms with Crippen LogP contribution in [0.25, 0.3) is 0 Å². The van der Waals surface area contributed by atoms with E-state index < -0.39 is 0 Å². The first-order valence-electron chi connectivity index (χ1n) is 8.75. The quantitative estimate of drug-likeness (QED) is 0.606. The third-order valence-corrected chi connectivity index (χ3v) is 4.95. The summed E-state index contributed by atoms with van der Waals surface area (Å²) in [5.74, 6) is 1.86. The first-order valence-corrected chi connectivity index (χ1v) is 9.63. The van der Waals surface area contributed by atoms with Crippen molar-refractivity contribution in [2.45, 2.75) is 38.8 Å². The van der Waals surface area contributed by atoms with E-state index in [1.165, 1.54) is 0 Å². The summed E-state index contributed by atoms with van der Waals surface area (Å²) in [5, 5.41) is 6.64. The van der Waals surface area contributed by atoms with Crippen molar-refractivity contribution in [3.8, 4) is 0 Å². The molecule has 3 rings (SSSR count). The molecule has 1 atom stereocenters. The van der Waals surface area contributed by atoms with Crippen LogP contribution in [-0.2, 0) is 17.7 Å². The average molecular weight is 362 g/mol. The number of hydrogen-bond acceptors (Lipinski definition) is 5. The molecule has 6 nitrogen and oxygen atoms in total. The van der Waals surface area contributed by atoms with Gasteiger partial charge in [-0.1, -0.05) is 0 Å². The highest BCUT2D eigenvalue weighted by Crippen LogP contribution is 2.13. The fraction of sp³-hybridized carbons (Fsp3) is 0.556. The molecule has 1 saturated heterocycles. The van der Waals surface area contributed by atoms with Gasteiger partial charge in [0.25, 0.3) is 0 Å². The maximum absolute atomic E-state index is 5.69. The van der Waals surface area contributed by atoms with Gasteiger partial charge in [0.2, 0.25) is 0 Å². The maximum atomic E-state index is 5.69. The molecule has 0 saturated carbocycles. The highest BCUT2D eigenvalue weighted by molar-refractivity contribution is 7.09. The van der Waals surface area contributed by atoms with Gasteiger partial charge in [-0.3, -0.25) is 4.99 Å². The van der Waals surface area contributed by atoms with Crippen LogP contribution in [0, 0.1) is 6.92 Å². The van der Waals surface area contributed by atoms with Gasteiger partial charge in [0.1, 0.15) is 5.76 Å². The second-order valence-electron chi connectivity index (χ2n) is 6.27. The zero-order chi connectivity index (χ0) is 17.5. The van der Waals surface area contributed by atoms with Crippen molar-refractivity contribution in [1.82, 2.24) is 15.2 Å². The van der Waals surface area contributed by atoms with E-state index in [9.17, 15) is 0 Å². The molecule has 2 aromatic rings. The molecular formula is C18H26N4O2S. The van der Waals surface area contributed by atoms with Crippen molar-refractivity contribution in [2.24, 2.45) is 4.99 Å². The van der Waals surface area contributed by atoms with Gasteiger partial charge in [0, 0.05) is 32.0 Å². The summed E-state index contributed by atoms with van der Waals surface area (Å²) in [7, 11) is 2.04. The van der Waals surface area contributed by atoms with E-state index >= 15 is 0 Å². The van der Waals surface area contributed by atoms with Gasteiger partial charge >= 0.3 is 0 Å². The fourth-order valence-electron chi connectivity index (χ4n) is 2.84. The molecule has 7 heteroatoms. The summed E-state index contributed by atoms with van der Waals surface area (Å²) in [6.07, 6.45) is 5.01. The Morgan fingerprint density at radius 3 is 3.12 bits per heavy atom. The van der Waals surface area contributed by atoms with Crippen molar-refractivity contribution in [2.75, 3.05) is 26.7 Å². The summed E-state index contributed by atoms with van der Waals surface area (Å²) in [6, 6.07) is 3.91. The number of guanidine groups is 1. The third kappa shape index (κ3) is 5.57. The topological polar surface area (TPSA) is 62.9 Å². The van der Waals surface area contributed by atoms with Crippen LogP contribution in [0.5, 0.6) is 0 Å². The van der Waals surface area contributed by atoms with Crippen LogP contribution >= 0.6 is 11.3 Å². The van der Waals surface area contributed by atoms with Crippen molar-refractivity contribution in [3.05, 3.63) is 40.2 Å². The minimum absolute atomic E-state index is 0.247. The highest BCUT2D eigenvalue weighted by atomic mass is 32.1. The lowest BCUT2D eigenvalue weighted by atomic mass is 10.2. The largest absolute Gasteiger partial charge is 0.469 e. The summed E-state index contributed by atoms with van der Waals surface area (Å²) >= 11 is 1.68. The zero-order valence-corrected chi connectivity index (χ0v) is 15.7. The van der Waals surface area contributed by atoms with Gasteiger partial charge in [0.05, 0.1) is 36.2 Å². The van der Waals surface area contributed by atoms with Gasteiger partial charge in [-0.25, -0.2) is 4.98 Å². The monoisotopic (exact) mass is 362 g/mol. The average Bonchev–Trinajstić information content (AvgIpc) is 3.34. The van der Waals surface area contributed by atoms with E-state index in [-0.39, 0.29) is 6.10 Å². The minimum atomic E-state index is 0.247. The van der Waals surface area contributed by atoms with Crippen molar-refractivity contribution < 1.29 is 9.15 Å². The van der Waals surface area contributed by atoms with Crippen LogP contribution in [-0.4, -0.2) is 48.7 Å². The standard InChI is InChI=1S/C18H26N4O2S/c1-14-21-15(13-25-14)12-22(2)18(20-11-17-6-4-10-24-17)19-8-7-16-5-3-9-23-16/h3,5,9,13,17H,4,6-8,10-12H2,1-2H3,(H,19,20). The zero-order valence-electron chi connectivity index (χ0n) is 14.9. The molecule has 2 aromatic heterocycles. The van der Waals surface area contributed by atoms with Crippen molar-refractivity contribution in [3.63, 3.8) is 0 Å². The predicted molar refractivity (Wildman–Crippen MR) is 100 cm³/mol. The molecule has 1 N–H and O–H groups in total. The molecule has 0 bridgehead atoms. The van der Waals surface area contributed by atoms with Crippen LogP contribution < -0.4 is 5.32 Å². The number of hydrogen-bond donors (Lipinski definition) is 1. The summed E-state index contributed by atoms with van der Waals surface area (Å²) < 4.78 is 11.1. The molecular weight excluding hydrogens is 336 g/mol. The van der Waals surface area contributed by atoms with Crippen LogP contribution in [0.2, 0.25) is 0 Å². The Bertz CT molecular complexity index is 662. The molecule has 0 spiro atoms.